The molecule has 1 aromatic carbocycles. The molecule has 0 heterocycles. The molecule has 1 saturated carbocycles. The Bertz CT molecular complexity index is 540. The van der Waals surface area contributed by atoms with Crippen molar-refractivity contribution in [3.8, 4) is 5.75 Å². The first-order chi connectivity index (χ1) is 9.44. The molecule has 1 fully saturated rings. The van der Waals surface area contributed by atoms with E-state index < -0.39 is 28.0 Å². The molecule has 0 radical (unpaired) electrons. The fourth-order valence-electron chi connectivity index (χ4n) is 2.93. The minimum absolute atomic E-state index is 0.245. The molecule has 1 N–H and O–H groups in total. The third-order valence-electron chi connectivity index (χ3n) is 3.93. The van der Waals surface area contributed by atoms with E-state index in [0.717, 1.165) is 12.5 Å². The van der Waals surface area contributed by atoms with Gasteiger partial charge in [-0.15, -0.1) is 0 Å². The number of benzene rings is 1. The summed E-state index contributed by atoms with van der Waals surface area (Å²) in [6, 6.07) is 0.803. The van der Waals surface area contributed by atoms with E-state index in [1.165, 1.54) is 7.11 Å². The number of hydrogen-bond donors (Lipinski definition) is 1. The molecule has 2 rings (SSSR count). The van der Waals surface area contributed by atoms with E-state index in [2.05, 4.69) is 0 Å². The van der Waals surface area contributed by atoms with Crippen molar-refractivity contribution >= 4 is 17.6 Å². The average Bonchev–Trinajstić information content (AvgIpc) is 2.43. The molecule has 0 aliphatic heterocycles. The highest BCUT2D eigenvalue weighted by Gasteiger charge is 2.46. The molecule has 0 saturated heterocycles. The molecule has 0 unspecified atom stereocenters. The minimum Gasteiger partial charge on any atom is -0.493 e. The third-order valence-corrected chi connectivity index (χ3v) is 4.20. The Morgan fingerprint density at radius 2 is 1.95 bits per heavy atom. The van der Waals surface area contributed by atoms with Gasteiger partial charge in [0.05, 0.1) is 23.1 Å². The van der Waals surface area contributed by atoms with Crippen LogP contribution in [0.4, 0.5) is 8.78 Å². The van der Waals surface area contributed by atoms with Gasteiger partial charge in [-0.1, -0.05) is 30.9 Å². The van der Waals surface area contributed by atoms with E-state index >= 15 is 0 Å². The quantitative estimate of drug-likeness (QED) is 0.861. The Morgan fingerprint density at radius 1 is 1.35 bits per heavy atom. The number of rotatable bonds is 3. The highest BCUT2D eigenvalue weighted by atomic mass is 35.5. The van der Waals surface area contributed by atoms with Crippen molar-refractivity contribution in [2.24, 2.45) is 0 Å². The van der Waals surface area contributed by atoms with Gasteiger partial charge in [0.15, 0.2) is 11.6 Å². The van der Waals surface area contributed by atoms with Gasteiger partial charge >= 0.3 is 5.97 Å². The molecule has 20 heavy (non-hydrogen) atoms. The average molecular weight is 305 g/mol. The van der Waals surface area contributed by atoms with Gasteiger partial charge in [0.1, 0.15) is 5.82 Å². The summed E-state index contributed by atoms with van der Waals surface area (Å²) in [5.74, 6) is -3.29. The Labute approximate surface area is 120 Å². The van der Waals surface area contributed by atoms with Crippen molar-refractivity contribution in [3.63, 3.8) is 0 Å². The van der Waals surface area contributed by atoms with E-state index in [4.69, 9.17) is 16.3 Å². The zero-order chi connectivity index (χ0) is 14.9. The second-order valence-electron chi connectivity index (χ2n) is 5.01. The molecule has 3 nitrogen and oxygen atoms in total. The number of carbonyl (C=O) groups is 1. The van der Waals surface area contributed by atoms with Crippen LogP contribution in [0.15, 0.2) is 6.07 Å². The molecule has 0 spiro atoms. The zero-order valence-corrected chi connectivity index (χ0v) is 11.8. The van der Waals surface area contributed by atoms with Gasteiger partial charge < -0.3 is 9.84 Å². The highest BCUT2D eigenvalue weighted by Crippen LogP contribution is 2.47. The largest absolute Gasteiger partial charge is 0.493 e. The Balaban J connectivity index is 2.73. The van der Waals surface area contributed by atoms with Crippen molar-refractivity contribution < 1.29 is 23.4 Å². The van der Waals surface area contributed by atoms with Crippen LogP contribution in [0.25, 0.3) is 0 Å². The predicted molar refractivity (Wildman–Crippen MR) is 70.3 cm³/mol. The van der Waals surface area contributed by atoms with Crippen molar-refractivity contribution in [1.82, 2.24) is 0 Å². The maximum absolute atomic E-state index is 14.4. The molecule has 0 bridgehead atoms. The Kier molecular flexibility index (Phi) is 4.18. The van der Waals surface area contributed by atoms with Gasteiger partial charge in [-0.3, -0.25) is 4.79 Å². The first kappa shape index (κ1) is 15.0. The van der Waals surface area contributed by atoms with E-state index in [1.54, 1.807) is 0 Å². The Morgan fingerprint density at radius 3 is 2.45 bits per heavy atom. The van der Waals surface area contributed by atoms with E-state index in [9.17, 15) is 18.7 Å². The molecule has 1 aromatic rings. The van der Waals surface area contributed by atoms with Crippen LogP contribution in [0.3, 0.4) is 0 Å². The minimum atomic E-state index is -1.47. The van der Waals surface area contributed by atoms with Gasteiger partial charge in [0, 0.05) is 0 Å². The van der Waals surface area contributed by atoms with E-state index in [0.29, 0.717) is 12.8 Å². The number of aliphatic carboxylic acids is 1. The van der Waals surface area contributed by atoms with Crippen LogP contribution < -0.4 is 4.74 Å². The number of carboxylic acid groups (broad SMARTS) is 1. The highest BCUT2D eigenvalue weighted by molar-refractivity contribution is 6.30. The van der Waals surface area contributed by atoms with Gasteiger partial charge in [-0.05, 0) is 18.9 Å². The third kappa shape index (κ3) is 2.24. The molecule has 0 amide bonds. The topological polar surface area (TPSA) is 46.5 Å². The lowest BCUT2D eigenvalue weighted by Gasteiger charge is -2.35. The molecule has 6 heteroatoms. The fourth-order valence-corrected chi connectivity index (χ4v) is 3.12. The van der Waals surface area contributed by atoms with Crippen LogP contribution in [0, 0.1) is 11.6 Å². The maximum Gasteiger partial charge on any atom is 0.314 e. The summed E-state index contributed by atoms with van der Waals surface area (Å²) < 4.78 is 33.2. The zero-order valence-electron chi connectivity index (χ0n) is 11.0. The van der Waals surface area contributed by atoms with Crippen molar-refractivity contribution in [2.45, 2.75) is 37.5 Å². The molecule has 0 aromatic heterocycles. The molecule has 1 aliphatic rings. The van der Waals surface area contributed by atoms with Crippen LogP contribution in [0.1, 0.15) is 37.7 Å². The summed E-state index contributed by atoms with van der Waals surface area (Å²) in [6.45, 7) is 0. The Hall–Kier alpha value is -1.36. The number of ether oxygens (including phenoxy) is 1. The van der Waals surface area contributed by atoms with Crippen LogP contribution in [-0.2, 0) is 10.2 Å². The lowest BCUT2D eigenvalue weighted by Crippen LogP contribution is -2.39. The van der Waals surface area contributed by atoms with Gasteiger partial charge in [-0.2, -0.15) is 0 Å². The molecular formula is C14H15ClF2O3. The first-order valence-corrected chi connectivity index (χ1v) is 6.77. The number of methoxy groups -OCH3 is 1. The lowest BCUT2D eigenvalue weighted by atomic mass is 9.69. The standard InChI is InChI=1S/C14H15ClF2O3/c1-20-12-9(16)7-8(15)11(17)10(12)14(13(18)19)5-3-2-4-6-14/h7H,2-6H2,1H3,(H,18,19). The van der Waals surface area contributed by atoms with E-state index in [-0.39, 0.29) is 24.2 Å². The number of carboxylic acids is 1. The van der Waals surface area contributed by atoms with Gasteiger partial charge in [0.2, 0.25) is 0 Å². The molecule has 1 aliphatic carbocycles. The van der Waals surface area contributed by atoms with Crippen molar-refractivity contribution in [3.05, 3.63) is 28.3 Å². The molecule has 0 atom stereocenters. The monoisotopic (exact) mass is 304 g/mol. The lowest BCUT2D eigenvalue weighted by molar-refractivity contribution is -0.145. The molecule has 110 valence electrons. The number of halogens is 3. The van der Waals surface area contributed by atoms with Crippen molar-refractivity contribution in [2.75, 3.05) is 7.11 Å². The second kappa shape index (κ2) is 5.56. The van der Waals surface area contributed by atoms with Crippen molar-refractivity contribution in [1.29, 1.82) is 0 Å². The van der Waals surface area contributed by atoms with Crippen LogP contribution in [0.5, 0.6) is 5.75 Å². The fraction of sp³-hybridized carbons (Fsp3) is 0.500. The summed E-state index contributed by atoms with van der Waals surface area (Å²) in [7, 11) is 1.19. The van der Waals surface area contributed by atoms with Crippen LogP contribution in [0.2, 0.25) is 5.02 Å². The smallest absolute Gasteiger partial charge is 0.314 e. The summed E-state index contributed by atoms with van der Waals surface area (Å²) in [5.41, 5.74) is -1.74. The normalized spacial score (nSPS) is 17.8. The maximum atomic E-state index is 14.4. The van der Waals surface area contributed by atoms with Crippen LogP contribution >= 0.6 is 11.6 Å². The summed E-state index contributed by atoms with van der Waals surface area (Å²) in [6.07, 6.45) is 2.65. The number of hydrogen-bond acceptors (Lipinski definition) is 2. The second-order valence-corrected chi connectivity index (χ2v) is 5.42. The van der Waals surface area contributed by atoms with Crippen LogP contribution in [-0.4, -0.2) is 18.2 Å². The predicted octanol–water partition coefficient (Wildman–Crippen LogP) is 3.91. The summed E-state index contributed by atoms with van der Waals surface area (Å²) >= 11 is 5.67. The first-order valence-electron chi connectivity index (χ1n) is 6.39. The summed E-state index contributed by atoms with van der Waals surface area (Å²) in [5, 5.41) is 9.15. The summed E-state index contributed by atoms with van der Waals surface area (Å²) in [4.78, 5) is 11.7. The molecular weight excluding hydrogens is 290 g/mol. The van der Waals surface area contributed by atoms with Gasteiger partial charge in [-0.25, -0.2) is 8.78 Å². The van der Waals surface area contributed by atoms with E-state index in [1.807, 2.05) is 0 Å². The van der Waals surface area contributed by atoms with Gasteiger partial charge in [0.25, 0.3) is 0 Å². The SMILES string of the molecule is COc1c(F)cc(Cl)c(F)c1C1(C(=O)O)CCCCC1.